The van der Waals surface area contributed by atoms with Crippen molar-refractivity contribution in [3.63, 3.8) is 0 Å². The van der Waals surface area contributed by atoms with Gasteiger partial charge in [0.2, 0.25) is 0 Å². The van der Waals surface area contributed by atoms with Crippen LogP contribution < -0.4 is 5.11 Å². The number of carbonyl (C=O) groups is 1. The van der Waals surface area contributed by atoms with Crippen molar-refractivity contribution in [2.24, 2.45) is 0 Å². The van der Waals surface area contributed by atoms with Crippen LogP contribution in [0.2, 0.25) is 0 Å². The Hall–Kier alpha value is -0.730. The van der Waals surface area contributed by atoms with Crippen LogP contribution in [0.15, 0.2) is 0 Å². The zero-order valence-corrected chi connectivity index (χ0v) is 3.89. The lowest BCUT2D eigenvalue weighted by atomic mass is 10.2. The molecule has 0 spiro atoms. The monoisotopic (exact) mass is 100 g/mol. The molecule has 0 aromatic heterocycles. The second-order valence-corrected chi connectivity index (χ2v) is 1.61. The first kappa shape index (κ1) is 4.43. The van der Waals surface area contributed by atoms with Gasteiger partial charge in [0.05, 0.1) is 0 Å². The lowest BCUT2D eigenvalue weighted by Crippen LogP contribution is -2.48. The van der Waals surface area contributed by atoms with Crippen LogP contribution in [0.4, 0.5) is 4.79 Å². The fourth-order valence-corrected chi connectivity index (χ4v) is 0.499. The van der Waals surface area contributed by atoms with Gasteiger partial charge in [0, 0.05) is 13.1 Å². The average molecular weight is 100 g/mol. The van der Waals surface area contributed by atoms with Gasteiger partial charge in [-0.15, -0.1) is 0 Å². The fraction of sp³-hybridized carbons (Fsp3) is 0.750. The second kappa shape index (κ2) is 1.40. The maximum absolute atomic E-state index is 9.80. The minimum atomic E-state index is -1.04. The predicted molar refractivity (Wildman–Crippen MR) is 21.6 cm³/mol. The van der Waals surface area contributed by atoms with Crippen molar-refractivity contribution in [1.82, 2.24) is 4.90 Å². The van der Waals surface area contributed by atoms with Crippen LogP contribution in [0.25, 0.3) is 0 Å². The highest BCUT2D eigenvalue weighted by Crippen LogP contribution is 2.02. The van der Waals surface area contributed by atoms with Crippen LogP contribution in [-0.2, 0) is 0 Å². The molecule has 1 rings (SSSR count). The number of hydrogen-bond donors (Lipinski definition) is 0. The second-order valence-electron chi connectivity index (χ2n) is 1.61. The Morgan fingerprint density at radius 1 is 1.57 bits per heavy atom. The molecule has 0 unspecified atom stereocenters. The summed E-state index contributed by atoms with van der Waals surface area (Å²) in [6, 6.07) is 0. The van der Waals surface area contributed by atoms with E-state index in [9.17, 15) is 9.90 Å². The van der Waals surface area contributed by atoms with E-state index in [4.69, 9.17) is 0 Å². The molecule has 0 radical (unpaired) electrons. The lowest BCUT2D eigenvalue weighted by molar-refractivity contribution is -0.269. The first-order valence-corrected chi connectivity index (χ1v) is 2.26. The largest absolute Gasteiger partial charge is 0.530 e. The maximum Gasteiger partial charge on any atom is 0.136 e. The highest BCUT2D eigenvalue weighted by Gasteiger charge is 2.11. The van der Waals surface area contributed by atoms with E-state index in [1.54, 1.807) is 0 Å². The smallest absolute Gasteiger partial charge is 0.136 e. The Kier molecular flexibility index (Phi) is 0.889. The topological polar surface area (TPSA) is 43.4 Å². The molecule has 1 aliphatic heterocycles. The molecule has 1 saturated heterocycles. The summed E-state index contributed by atoms with van der Waals surface area (Å²) in [4.78, 5) is 11.1. The van der Waals surface area contributed by atoms with Gasteiger partial charge in [0.15, 0.2) is 0 Å². The van der Waals surface area contributed by atoms with Gasteiger partial charge in [0.25, 0.3) is 0 Å². The number of amides is 1. The fourth-order valence-electron chi connectivity index (χ4n) is 0.499. The van der Waals surface area contributed by atoms with E-state index in [1.807, 2.05) is 0 Å². The first-order valence-electron chi connectivity index (χ1n) is 2.26. The molecule has 0 atom stereocenters. The van der Waals surface area contributed by atoms with Gasteiger partial charge in [0.1, 0.15) is 6.09 Å². The molecular weight excluding hydrogens is 94.0 g/mol. The van der Waals surface area contributed by atoms with Crippen molar-refractivity contribution in [1.29, 1.82) is 0 Å². The van der Waals surface area contributed by atoms with Gasteiger partial charge in [-0.05, 0) is 6.42 Å². The van der Waals surface area contributed by atoms with Crippen LogP contribution in [0.1, 0.15) is 6.42 Å². The maximum atomic E-state index is 9.80. The van der Waals surface area contributed by atoms with Crippen molar-refractivity contribution in [2.75, 3.05) is 13.1 Å². The molecule has 3 heteroatoms. The molecule has 0 aromatic rings. The third-order valence-electron chi connectivity index (χ3n) is 1.11. The van der Waals surface area contributed by atoms with E-state index in [0.29, 0.717) is 13.1 Å². The van der Waals surface area contributed by atoms with E-state index in [0.717, 1.165) is 6.42 Å². The standard InChI is InChI=1S/C4H7NO2/c6-4(7)5-2-1-3-5/h1-3H2,(H,6,7)/p-1. The zero-order valence-electron chi connectivity index (χ0n) is 3.89. The minimum Gasteiger partial charge on any atom is -0.530 e. The number of rotatable bonds is 0. The quantitative estimate of drug-likeness (QED) is 0.393. The molecule has 0 aliphatic carbocycles. The SMILES string of the molecule is O=C([O-])N1CCC1. The summed E-state index contributed by atoms with van der Waals surface area (Å²) in [5, 5.41) is 9.80. The lowest BCUT2D eigenvalue weighted by Gasteiger charge is -2.32. The molecule has 3 nitrogen and oxygen atoms in total. The highest BCUT2D eigenvalue weighted by molar-refractivity contribution is 5.63. The third-order valence-corrected chi connectivity index (χ3v) is 1.11. The molecule has 0 aromatic carbocycles. The van der Waals surface area contributed by atoms with Gasteiger partial charge in [-0.1, -0.05) is 0 Å². The van der Waals surface area contributed by atoms with Crippen molar-refractivity contribution < 1.29 is 9.90 Å². The number of likely N-dealkylation sites (tertiary alicyclic amines) is 1. The normalized spacial score (nSPS) is 18.6. The molecule has 7 heavy (non-hydrogen) atoms. The van der Waals surface area contributed by atoms with Crippen molar-refractivity contribution in [3.05, 3.63) is 0 Å². The van der Waals surface area contributed by atoms with E-state index in [-0.39, 0.29) is 0 Å². The van der Waals surface area contributed by atoms with Gasteiger partial charge in [-0.3, -0.25) is 0 Å². The van der Waals surface area contributed by atoms with Gasteiger partial charge in [-0.2, -0.15) is 0 Å². The summed E-state index contributed by atoms with van der Waals surface area (Å²) in [5.41, 5.74) is 0. The summed E-state index contributed by atoms with van der Waals surface area (Å²) in [7, 11) is 0. The van der Waals surface area contributed by atoms with Gasteiger partial charge >= 0.3 is 0 Å². The Morgan fingerprint density at radius 2 is 2.14 bits per heavy atom. The Morgan fingerprint density at radius 3 is 2.14 bits per heavy atom. The van der Waals surface area contributed by atoms with Crippen LogP contribution in [0.5, 0.6) is 0 Å². The summed E-state index contributed by atoms with van der Waals surface area (Å²) < 4.78 is 0. The molecule has 0 saturated carbocycles. The summed E-state index contributed by atoms with van der Waals surface area (Å²) in [6.07, 6.45) is -0.0419. The van der Waals surface area contributed by atoms with Crippen molar-refractivity contribution in [3.8, 4) is 0 Å². The van der Waals surface area contributed by atoms with Crippen LogP contribution >= 0.6 is 0 Å². The molecular formula is C4H6NO2-. The zero-order chi connectivity index (χ0) is 5.28. The molecule has 1 fully saturated rings. The van der Waals surface area contributed by atoms with E-state index < -0.39 is 6.09 Å². The number of carboxylic acid groups (broad SMARTS) is 1. The number of carbonyl (C=O) groups excluding carboxylic acids is 1. The van der Waals surface area contributed by atoms with E-state index in [1.165, 1.54) is 4.90 Å². The minimum absolute atomic E-state index is 0.669. The molecule has 40 valence electrons. The van der Waals surface area contributed by atoms with E-state index >= 15 is 0 Å². The van der Waals surface area contributed by atoms with Crippen LogP contribution in [0, 0.1) is 0 Å². The molecule has 1 aliphatic rings. The van der Waals surface area contributed by atoms with Crippen molar-refractivity contribution in [2.45, 2.75) is 6.42 Å². The molecule has 1 amide bonds. The summed E-state index contributed by atoms with van der Waals surface area (Å²) >= 11 is 0. The number of nitrogens with zero attached hydrogens (tertiary/aromatic N) is 1. The third kappa shape index (κ3) is 0.656. The molecule has 0 N–H and O–H groups in total. The Labute approximate surface area is 41.5 Å². The van der Waals surface area contributed by atoms with Crippen LogP contribution in [-0.4, -0.2) is 24.1 Å². The van der Waals surface area contributed by atoms with Crippen LogP contribution in [0.3, 0.4) is 0 Å². The average Bonchev–Trinajstić information content (AvgIpc) is 1.23. The van der Waals surface area contributed by atoms with Crippen molar-refractivity contribution >= 4 is 6.09 Å². The van der Waals surface area contributed by atoms with E-state index in [2.05, 4.69) is 0 Å². The molecule has 0 bridgehead atoms. The summed E-state index contributed by atoms with van der Waals surface area (Å²) in [5.74, 6) is 0. The molecule has 1 heterocycles. The Bertz CT molecular complexity index is 87.7. The Balaban J connectivity index is 2.27. The summed E-state index contributed by atoms with van der Waals surface area (Å²) in [6.45, 7) is 1.34. The highest BCUT2D eigenvalue weighted by atomic mass is 16.4. The predicted octanol–water partition coefficient (Wildman–Crippen LogP) is -0.965. The first-order chi connectivity index (χ1) is 3.30. The number of hydrogen-bond acceptors (Lipinski definition) is 2. The van der Waals surface area contributed by atoms with Gasteiger partial charge < -0.3 is 14.8 Å². The van der Waals surface area contributed by atoms with Gasteiger partial charge in [-0.25, -0.2) is 0 Å².